The van der Waals surface area contributed by atoms with Crippen LogP contribution >= 0.6 is 23.2 Å². The third kappa shape index (κ3) is 6.17. The molecule has 0 spiro atoms. The number of amides is 1. The smallest absolute Gasteiger partial charge is 0.328 e. The summed E-state index contributed by atoms with van der Waals surface area (Å²) in [5.74, 6) is -0.537. The van der Waals surface area contributed by atoms with Crippen molar-refractivity contribution >= 4 is 40.8 Å². The molecule has 36 heavy (non-hydrogen) atoms. The van der Waals surface area contributed by atoms with Crippen molar-refractivity contribution in [3.63, 3.8) is 0 Å². The van der Waals surface area contributed by atoms with Gasteiger partial charge in [0, 0.05) is 17.5 Å². The maximum Gasteiger partial charge on any atom is 0.328 e. The number of hydrogen-bond donors (Lipinski definition) is 2. The maximum atomic E-state index is 13.0. The van der Waals surface area contributed by atoms with Crippen molar-refractivity contribution in [1.82, 2.24) is 5.32 Å². The maximum absolute atomic E-state index is 13.0. The normalized spacial score (nSPS) is 12.1. The van der Waals surface area contributed by atoms with Gasteiger partial charge in [0.25, 0.3) is 5.91 Å². The molecule has 188 valence electrons. The molecule has 0 aliphatic carbocycles. The van der Waals surface area contributed by atoms with Crippen LogP contribution in [0.2, 0.25) is 10.0 Å². The summed E-state index contributed by atoms with van der Waals surface area (Å²) < 4.78 is 10.7. The molecule has 0 aliphatic heterocycles. The van der Waals surface area contributed by atoms with Crippen LogP contribution in [-0.4, -0.2) is 42.6 Å². The fraction of sp³-hybridized carbons (Fsp3) is 0.222. The molecule has 0 bridgehead atoms. The Labute approximate surface area is 219 Å². The second-order valence-corrected chi connectivity index (χ2v) is 8.66. The first-order valence-electron chi connectivity index (χ1n) is 11.2. The highest BCUT2D eigenvalue weighted by Gasteiger charge is 2.26. The van der Waals surface area contributed by atoms with E-state index >= 15 is 0 Å². The monoisotopic (exact) mass is 528 g/mol. The van der Waals surface area contributed by atoms with Gasteiger partial charge in [0.2, 0.25) is 0 Å². The van der Waals surface area contributed by atoms with E-state index in [-0.39, 0.29) is 28.6 Å². The highest BCUT2D eigenvalue weighted by atomic mass is 35.5. The topological polar surface area (TPSA) is 97.2 Å². The molecule has 3 rings (SSSR count). The van der Waals surface area contributed by atoms with Gasteiger partial charge in [0.1, 0.15) is 11.8 Å². The lowest BCUT2D eigenvalue weighted by Gasteiger charge is -2.20. The lowest BCUT2D eigenvalue weighted by Crippen LogP contribution is -2.43. The van der Waals surface area contributed by atoms with Gasteiger partial charge in [-0.05, 0) is 49.2 Å². The number of benzene rings is 3. The van der Waals surface area contributed by atoms with E-state index in [9.17, 15) is 14.8 Å². The van der Waals surface area contributed by atoms with E-state index in [4.69, 9.17) is 32.7 Å². The second kappa shape index (κ2) is 12.4. The molecule has 0 radical (unpaired) electrons. The first-order valence-corrected chi connectivity index (χ1v) is 11.9. The van der Waals surface area contributed by atoms with Crippen LogP contribution in [0.4, 0.5) is 0 Å². The molecule has 7 nitrogen and oxygen atoms in total. The molecule has 2 N–H and O–H groups in total. The summed E-state index contributed by atoms with van der Waals surface area (Å²) in [7, 11) is 1.58. The molecule has 3 aromatic carbocycles. The Morgan fingerprint density at radius 1 is 1.03 bits per heavy atom. The van der Waals surface area contributed by atoms with Crippen LogP contribution in [-0.2, 0) is 16.0 Å². The zero-order chi connectivity index (χ0) is 26.2. The Bertz CT molecular complexity index is 1270. The van der Waals surface area contributed by atoms with Gasteiger partial charge in [-0.3, -0.25) is 4.79 Å². The van der Waals surface area contributed by atoms with Gasteiger partial charge < -0.3 is 20.0 Å². The van der Waals surface area contributed by atoms with Gasteiger partial charge in [0.05, 0.1) is 35.0 Å². The summed E-state index contributed by atoms with van der Waals surface area (Å²) in [5, 5.41) is 15.9. The molecule has 1 atom stereocenters. The Balaban J connectivity index is 1.99. The quantitative estimate of drug-likeness (QED) is 0.159. The van der Waals surface area contributed by atoms with Gasteiger partial charge in [-0.15, -0.1) is 0 Å². The van der Waals surface area contributed by atoms with Crippen LogP contribution in [0, 0.1) is 0 Å². The third-order valence-electron chi connectivity index (χ3n) is 5.53. The molecule has 0 fully saturated rings. The molecule has 0 aromatic heterocycles. The number of ether oxygens (including phenoxy) is 2. The zero-order valence-electron chi connectivity index (χ0n) is 20.0. The number of para-hydroxylation sites is 1. The number of carbonyl (C=O) groups is 2. The summed E-state index contributed by atoms with van der Waals surface area (Å²) in [6.45, 7) is 3.50. The van der Waals surface area contributed by atoms with E-state index in [2.05, 4.69) is 10.5 Å². The summed E-state index contributed by atoms with van der Waals surface area (Å²) in [6, 6.07) is 16.7. The average molecular weight is 529 g/mol. The molecular formula is C27H26Cl2N2O5. The molecule has 0 aliphatic rings. The number of oxime groups is 1. The highest BCUT2D eigenvalue weighted by Crippen LogP contribution is 2.33. The number of carbonyl (C=O) groups excluding carboxylic acids is 2. The van der Waals surface area contributed by atoms with Crippen molar-refractivity contribution in [2.75, 3.05) is 13.7 Å². The number of nitrogens with one attached hydrogen (secondary N) is 1. The van der Waals surface area contributed by atoms with Crippen molar-refractivity contribution in [2.24, 2.45) is 5.16 Å². The molecule has 9 heteroatoms. The van der Waals surface area contributed by atoms with Crippen molar-refractivity contribution in [3.05, 3.63) is 87.4 Å². The minimum atomic E-state index is -1.01. The minimum absolute atomic E-state index is 0.0746. The Morgan fingerprint density at radius 2 is 1.72 bits per heavy atom. The van der Waals surface area contributed by atoms with E-state index in [1.54, 1.807) is 45.2 Å². The van der Waals surface area contributed by atoms with Gasteiger partial charge in [0.15, 0.2) is 0 Å². The molecule has 0 saturated heterocycles. The second-order valence-electron chi connectivity index (χ2n) is 7.84. The number of esters is 1. The highest BCUT2D eigenvalue weighted by molar-refractivity contribution is 6.39. The SMILES string of the molecule is CCOC(=O)[C@H](Cc1ccc(-c2ccccc2OC)c(C(C)=NO)c1)NC(=O)c1c(Cl)cccc1Cl. The van der Waals surface area contributed by atoms with Gasteiger partial charge in [-0.2, -0.15) is 0 Å². The van der Waals surface area contributed by atoms with Crippen molar-refractivity contribution in [1.29, 1.82) is 0 Å². The Morgan fingerprint density at radius 3 is 2.36 bits per heavy atom. The largest absolute Gasteiger partial charge is 0.496 e. The predicted octanol–water partition coefficient (Wildman–Crippen LogP) is 5.77. The standard InChI is InChI=1S/C27H26Cl2N2O5/c1-4-36-27(33)23(30-26(32)25-21(28)9-7-10-22(25)29)15-17-12-13-18(20(14-17)16(2)31-34)19-8-5-6-11-24(19)35-3/h5-14,23,34H,4,15H2,1-3H3,(H,30,32)/t23-/m0/s1. The van der Waals surface area contributed by atoms with Crippen molar-refractivity contribution in [3.8, 4) is 16.9 Å². The lowest BCUT2D eigenvalue weighted by molar-refractivity contribution is -0.145. The number of methoxy groups -OCH3 is 1. The first-order chi connectivity index (χ1) is 17.3. The summed E-state index contributed by atoms with van der Waals surface area (Å²) >= 11 is 12.3. The number of nitrogens with zero attached hydrogens (tertiary/aromatic N) is 1. The zero-order valence-corrected chi connectivity index (χ0v) is 21.6. The number of hydrogen-bond acceptors (Lipinski definition) is 6. The molecule has 0 heterocycles. The molecule has 0 saturated carbocycles. The molecular weight excluding hydrogens is 503 g/mol. The van der Waals surface area contributed by atoms with Crippen LogP contribution in [0.5, 0.6) is 5.75 Å². The third-order valence-corrected chi connectivity index (χ3v) is 6.16. The average Bonchev–Trinajstić information content (AvgIpc) is 2.87. The van der Waals surface area contributed by atoms with Crippen LogP contribution in [0.3, 0.4) is 0 Å². The van der Waals surface area contributed by atoms with Crippen LogP contribution in [0.25, 0.3) is 11.1 Å². The van der Waals surface area contributed by atoms with Crippen LogP contribution in [0.1, 0.15) is 35.3 Å². The summed E-state index contributed by atoms with van der Waals surface area (Å²) in [4.78, 5) is 25.7. The van der Waals surface area contributed by atoms with E-state index in [1.807, 2.05) is 36.4 Å². The fourth-order valence-corrected chi connectivity index (χ4v) is 4.36. The molecule has 3 aromatic rings. The van der Waals surface area contributed by atoms with Crippen LogP contribution in [0.15, 0.2) is 65.8 Å². The van der Waals surface area contributed by atoms with E-state index < -0.39 is 17.9 Å². The number of rotatable bonds is 9. The van der Waals surface area contributed by atoms with Gasteiger partial charge >= 0.3 is 5.97 Å². The van der Waals surface area contributed by atoms with Crippen molar-refractivity contribution < 1.29 is 24.3 Å². The predicted molar refractivity (Wildman–Crippen MR) is 140 cm³/mol. The van der Waals surface area contributed by atoms with E-state index in [1.165, 1.54) is 0 Å². The first kappa shape index (κ1) is 27.0. The molecule has 1 amide bonds. The Kier molecular flexibility index (Phi) is 9.33. The van der Waals surface area contributed by atoms with Crippen LogP contribution < -0.4 is 10.1 Å². The molecule has 0 unspecified atom stereocenters. The summed E-state index contributed by atoms with van der Waals surface area (Å²) in [5.41, 5.74) is 3.39. The fourth-order valence-electron chi connectivity index (χ4n) is 3.79. The summed E-state index contributed by atoms with van der Waals surface area (Å²) in [6.07, 6.45) is 0.116. The Hall–Kier alpha value is -3.55. The number of halogens is 2. The van der Waals surface area contributed by atoms with Gasteiger partial charge in [-0.25, -0.2) is 4.79 Å². The lowest BCUT2D eigenvalue weighted by atomic mass is 9.92. The van der Waals surface area contributed by atoms with Crippen molar-refractivity contribution in [2.45, 2.75) is 26.3 Å². The van der Waals surface area contributed by atoms with E-state index in [0.717, 1.165) is 11.1 Å². The minimum Gasteiger partial charge on any atom is -0.496 e. The van der Waals surface area contributed by atoms with Gasteiger partial charge in [-0.1, -0.05) is 64.8 Å². The van der Waals surface area contributed by atoms with E-state index in [0.29, 0.717) is 22.6 Å².